The number of hydrogen-bond donors (Lipinski definition) is 0. The summed E-state index contributed by atoms with van der Waals surface area (Å²) in [5.41, 5.74) is 0.776. The van der Waals surface area contributed by atoms with Gasteiger partial charge in [-0.3, -0.25) is 9.59 Å². The highest BCUT2D eigenvalue weighted by molar-refractivity contribution is 7.14. The highest BCUT2D eigenvalue weighted by Crippen LogP contribution is 2.31. The number of piperidine rings is 1. The maximum Gasteiger partial charge on any atom is 0.265 e. The van der Waals surface area contributed by atoms with E-state index in [2.05, 4.69) is 32.7 Å². The summed E-state index contributed by atoms with van der Waals surface area (Å²) in [6.45, 7) is 12.5. The molecule has 1 fully saturated rings. The number of carbonyl (C=O) groups is 2. The number of aromatic nitrogens is 1. The van der Waals surface area contributed by atoms with Gasteiger partial charge in [-0.2, -0.15) is 0 Å². The molecule has 0 spiro atoms. The maximum atomic E-state index is 12.9. The van der Waals surface area contributed by atoms with E-state index >= 15 is 0 Å². The predicted octanol–water partition coefficient (Wildman–Crippen LogP) is 3.86. The highest BCUT2D eigenvalue weighted by Gasteiger charge is 2.31. The minimum absolute atomic E-state index is 0.0452. The zero-order valence-electron chi connectivity index (χ0n) is 17.1. The summed E-state index contributed by atoms with van der Waals surface area (Å²) in [7, 11) is 1.89. The molecule has 1 saturated heterocycles. The number of aryl methyl sites for hydroxylation is 1. The van der Waals surface area contributed by atoms with E-state index in [1.165, 1.54) is 11.3 Å². The van der Waals surface area contributed by atoms with Crippen molar-refractivity contribution in [2.24, 2.45) is 5.92 Å². The standard InChI is InChI=1S/C20H33N3O2S/c1-7-8-11-22(6)17(24)15-9-12-23(13-10-15)18(25)16-14(2)21-19(26-16)20(3,4)5/h15H,7-13H2,1-6H3. The molecule has 0 bridgehead atoms. The van der Waals surface area contributed by atoms with E-state index in [4.69, 9.17) is 0 Å². The summed E-state index contributed by atoms with van der Waals surface area (Å²) in [4.78, 5) is 34.5. The lowest BCUT2D eigenvalue weighted by Gasteiger charge is -2.33. The van der Waals surface area contributed by atoms with E-state index in [1.807, 2.05) is 23.8 Å². The first kappa shape index (κ1) is 20.9. The third-order valence-electron chi connectivity index (χ3n) is 4.99. The Morgan fingerprint density at radius 2 is 1.88 bits per heavy atom. The van der Waals surface area contributed by atoms with E-state index in [0.29, 0.717) is 13.1 Å². The Labute approximate surface area is 161 Å². The molecular weight excluding hydrogens is 346 g/mol. The molecule has 1 aliphatic rings. The molecule has 146 valence electrons. The van der Waals surface area contributed by atoms with Crippen LogP contribution in [0.15, 0.2) is 0 Å². The molecule has 0 aromatic carbocycles. The first-order valence-electron chi connectivity index (χ1n) is 9.67. The van der Waals surface area contributed by atoms with Crippen molar-refractivity contribution in [1.29, 1.82) is 0 Å². The molecule has 0 N–H and O–H groups in total. The minimum atomic E-state index is -0.0452. The fourth-order valence-electron chi connectivity index (χ4n) is 3.21. The molecule has 1 aromatic heterocycles. The highest BCUT2D eigenvalue weighted by atomic mass is 32.1. The average Bonchev–Trinajstić information content (AvgIpc) is 3.00. The summed E-state index contributed by atoms with van der Waals surface area (Å²) in [6.07, 6.45) is 3.64. The topological polar surface area (TPSA) is 53.5 Å². The van der Waals surface area contributed by atoms with Gasteiger partial charge in [-0.05, 0) is 26.2 Å². The molecule has 0 atom stereocenters. The second kappa shape index (κ2) is 8.51. The van der Waals surface area contributed by atoms with Crippen molar-refractivity contribution >= 4 is 23.2 Å². The van der Waals surface area contributed by atoms with Gasteiger partial charge in [0.2, 0.25) is 5.91 Å². The van der Waals surface area contributed by atoms with Crippen molar-refractivity contribution in [3.63, 3.8) is 0 Å². The van der Waals surface area contributed by atoms with E-state index in [1.54, 1.807) is 0 Å². The fourth-order valence-corrected chi connectivity index (χ4v) is 4.30. The summed E-state index contributed by atoms with van der Waals surface area (Å²) >= 11 is 1.51. The number of unbranched alkanes of at least 4 members (excludes halogenated alkanes) is 1. The normalized spacial score (nSPS) is 16.0. The summed E-state index contributed by atoms with van der Waals surface area (Å²) in [5, 5.41) is 1.00. The summed E-state index contributed by atoms with van der Waals surface area (Å²) in [5.74, 6) is 0.351. The van der Waals surface area contributed by atoms with Crippen LogP contribution in [0.25, 0.3) is 0 Å². The van der Waals surface area contributed by atoms with Crippen LogP contribution in [0.3, 0.4) is 0 Å². The molecule has 1 aromatic rings. The Kier molecular flexibility index (Phi) is 6.83. The Morgan fingerprint density at radius 1 is 1.27 bits per heavy atom. The molecule has 26 heavy (non-hydrogen) atoms. The van der Waals surface area contributed by atoms with E-state index in [0.717, 1.165) is 47.8 Å². The number of nitrogens with zero attached hydrogens (tertiary/aromatic N) is 3. The zero-order valence-corrected chi connectivity index (χ0v) is 17.9. The van der Waals surface area contributed by atoms with Crippen LogP contribution in [-0.4, -0.2) is 53.3 Å². The van der Waals surface area contributed by atoms with Gasteiger partial charge in [-0.25, -0.2) is 4.98 Å². The van der Waals surface area contributed by atoms with Crippen LogP contribution in [0.1, 0.15) is 73.8 Å². The van der Waals surface area contributed by atoms with Crippen molar-refractivity contribution in [2.45, 2.75) is 65.7 Å². The lowest BCUT2D eigenvalue weighted by molar-refractivity contribution is -0.135. The van der Waals surface area contributed by atoms with Crippen LogP contribution in [0.2, 0.25) is 0 Å². The number of amides is 2. The van der Waals surface area contributed by atoms with Crippen LogP contribution >= 0.6 is 11.3 Å². The number of carbonyl (C=O) groups excluding carboxylic acids is 2. The predicted molar refractivity (Wildman–Crippen MR) is 107 cm³/mol. The van der Waals surface area contributed by atoms with Crippen LogP contribution in [0, 0.1) is 12.8 Å². The molecule has 6 heteroatoms. The molecule has 0 saturated carbocycles. The lowest BCUT2D eigenvalue weighted by atomic mass is 9.95. The van der Waals surface area contributed by atoms with Gasteiger partial charge in [-0.15, -0.1) is 11.3 Å². The Hall–Kier alpha value is -1.43. The van der Waals surface area contributed by atoms with Gasteiger partial charge in [0.25, 0.3) is 5.91 Å². The van der Waals surface area contributed by atoms with Crippen LogP contribution in [0.4, 0.5) is 0 Å². The van der Waals surface area contributed by atoms with E-state index < -0.39 is 0 Å². The average molecular weight is 380 g/mol. The molecule has 0 radical (unpaired) electrons. The van der Waals surface area contributed by atoms with Crippen LogP contribution < -0.4 is 0 Å². The van der Waals surface area contributed by atoms with Crippen molar-refractivity contribution < 1.29 is 9.59 Å². The van der Waals surface area contributed by atoms with Crippen molar-refractivity contribution in [3.05, 3.63) is 15.6 Å². The first-order valence-corrected chi connectivity index (χ1v) is 10.5. The van der Waals surface area contributed by atoms with E-state index in [-0.39, 0.29) is 23.1 Å². The van der Waals surface area contributed by atoms with Gasteiger partial charge in [0.15, 0.2) is 0 Å². The van der Waals surface area contributed by atoms with Gasteiger partial charge >= 0.3 is 0 Å². The maximum absolute atomic E-state index is 12.9. The molecule has 5 nitrogen and oxygen atoms in total. The van der Waals surface area contributed by atoms with Gasteiger partial charge in [0, 0.05) is 38.0 Å². The first-order chi connectivity index (χ1) is 12.1. The lowest BCUT2D eigenvalue weighted by Crippen LogP contribution is -2.43. The minimum Gasteiger partial charge on any atom is -0.346 e. The quantitative estimate of drug-likeness (QED) is 0.780. The SMILES string of the molecule is CCCCN(C)C(=O)C1CCN(C(=O)c2sc(C(C)(C)C)nc2C)CC1. The number of thiazole rings is 1. The Balaban J connectivity index is 1.96. The second-order valence-corrected chi connectivity index (χ2v) is 9.36. The summed E-state index contributed by atoms with van der Waals surface area (Å²) < 4.78 is 0. The van der Waals surface area contributed by atoms with Crippen molar-refractivity contribution in [3.8, 4) is 0 Å². The number of likely N-dealkylation sites (tertiary alicyclic amines) is 1. The molecule has 0 aliphatic carbocycles. The number of rotatable bonds is 5. The van der Waals surface area contributed by atoms with Gasteiger partial charge in [0.1, 0.15) is 4.88 Å². The fraction of sp³-hybridized carbons (Fsp3) is 0.750. The third-order valence-corrected chi connectivity index (χ3v) is 6.56. The third kappa shape index (κ3) is 4.84. The van der Waals surface area contributed by atoms with Crippen molar-refractivity contribution in [1.82, 2.24) is 14.8 Å². The monoisotopic (exact) mass is 379 g/mol. The molecule has 2 amide bonds. The largest absolute Gasteiger partial charge is 0.346 e. The second-order valence-electron chi connectivity index (χ2n) is 8.36. The van der Waals surface area contributed by atoms with Crippen LogP contribution in [-0.2, 0) is 10.2 Å². The molecule has 0 unspecified atom stereocenters. The van der Waals surface area contributed by atoms with Gasteiger partial charge in [-0.1, -0.05) is 34.1 Å². The smallest absolute Gasteiger partial charge is 0.265 e. The molecule has 2 rings (SSSR count). The number of hydrogen-bond acceptors (Lipinski definition) is 4. The Bertz CT molecular complexity index is 640. The molecule has 1 aliphatic heterocycles. The van der Waals surface area contributed by atoms with Gasteiger partial charge < -0.3 is 9.80 Å². The van der Waals surface area contributed by atoms with E-state index in [9.17, 15) is 9.59 Å². The Morgan fingerprint density at radius 3 is 2.38 bits per heavy atom. The summed E-state index contributed by atoms with van der Waals surface area (Å²) in [6, 6.07) is 0. The van der Waals surface area contributed by atoms with Gasteiger partial charge in [0.05, 0.1) is 10.7 Å². The van der Waals surface area contributed by atoms with Crippen molar-refractivity contribution in [2.75, 3.05) is 26.7 Å². The molecular formula is C20H33N3O2S. The van der Waals surface area contributed by atoms with Crippen LogP contribution in [0.5, 0.6) is 0 Å². The molecule has 2 heterocycles. The zero-order chi connectivity index (χ0) is 19.5.